The van der Waals surface area contributed by atoms with Crippen molar-refractivity contribution in [2.45, 2.75) is 32.1 Å². The normalized spacial score (nSPS) is 14.3. The molecule has 6 nitrogen and oxygen atoms in total. The first kappa shape index (κ1) is 19.1. The van der Waals surface area contributed by atoms with E-state index in [-0.39, 0.29) is 5.91 Å². The van der Waals surface area contributed by atoms with Gasteiger partial charge < -0.3 is 10.1 Å². The predicted octanol–water partition coefficient (Wildman–Crippen LogP) is 4.75. The van der Waals surface area contributed by atoms with Crippen LogP contribution >= 0.6 is 0 Å². The summed E-state index contributed by atoms with van der Waals surface area (Å²) in [6.45, 7) is 0.656. The Balaban J connectivity index is 1.41. The summed E-state index contributed by atoms with van der Waals surface area (Å²) in [4.78, 5) is 25.5. The SMILES string of the molecule is O=C(Nc1ncccc1OCC1CCCCC1)c1cnc(-c2ccccc2)nc1. The van der Waals surface area contributed by atoms with Crippen molar-refractivity contribution in [1.29, 1.82) is 0 Å². The summed E-state index contributed by atoms with van der Waals surface area (Å²) in [5.41, 5.74) is 1.27. The number of amides is 1. The van der Waals surface area contributed by atoms with Crippen LogP contribution in [-0.4, -0.2) is 27.5 Å². The first-order valence-electron chi connectivity index (χ1n) is 10.1. The van der Waals surface area contributed by atoms with Crippen LogP contribution in [0.5, 0.6) is 5.75 Å². The van der Waals surface area contributed by atoms with Crippen LogP contribution in [0, 0.1) is 5.92 Å². The first-order valence-corrected chi connectivity index (χ1v) is 10.1. The summed E-state index contributed by atoms with van der Waals surface area (Å²) in [7, 11) is 0. The predicted molar refractivity (Wildman–Crippen MR) is 112 cm³/mol. The highest BCUT2D eigenvalue weighted by molar-refractivity contribution is 6.04. The lowest BCUT2D eigenvalue weighted by Gasteiger charge is -2.22. The lowest BCUT2D eigenvalue weighted by Crippen LogP contribution is -2.18. The van der Waals surface area contributed by atoms with E-state index in [0.29, 0.717) is 35.5 Å². The summed E-state index contributed by atoms with van der Waals surface area (Å²) in [6, 6.07) is 13.3. The van der Waals surface area contributed by atoms with E-state index in [9.17, 15) is 4.79 Å². The van der Waals surface area contributed by atoms with Crippen molar-refractivity contribution in [3.63, 3.8) is 0 Å². The van der Waals surface area contributed by atoms with Crippen molar-refractivity contribution in [3.8, 4) is 17.1 Å². The molecule has 0 aliphatic heterocycles. The van der Waals surface area contributed by atoms with Gasteiger partial charge in [-0.05, 0) is 30.9 Å². The van der Waals surface area contributed by atoms with Crippen molar-refractivity contribution in [2.24, 2.45) is 5.92 Å². The third kappa shape index (κ3) is 4.96. The minimum atomic E-state index is -0.314. The number of pyridine rings is 1. The minimum Gasteiger partial charge on any atom is -0.489 e. The summed E-state index contributed by atoms with van der Waals surface area (Å²) >= 11 is 0. The average Bonchev–Trinajstić information content (AvgIpc) is 2.80. The van der Waals surface area contributed by atoms with Crippen LogP contribution in [-0.2, 0) is 0 Å². The molecule has 0 radical (unpaired) electrons. The molecule has 6 heteroatoms. The Bertz CT molecular complexity index is 939. The van der Waals surface area contributed by atoms with Gasteiger partial charge in [0, 0.05) is 24.2 Å². The maximum absolute atomic E-state index is 12.6. The molecule has 1 N–H and O–H groups in total. The van der Waals surface area contributed by atoms with Gasteiger partial charge in [0.15, 0.2) is 17.4 Å². The summed E-state index contributed by atoms with van der Waals surface area (Å²) in [6.07, 6.45) is 10.9. The highest BCUT2D eigenvalue weighted by Gasteiger charge is 2.16. The fraction of sp³-hybridized carbons (Fsp3) is 0.304. The molecule has 0 bridgehead atoms. The van der Waals surface area contributed by atoms with Crippen molar-refractivity contribution < 1.29 is 9.53 Å². The zero-order valence-corrected chi connectivity index (χ0v) is 16.3. The van der Waals surface area contributed by atoms with Gasteiger partial charge in [0.05, 0.1) is 12.2 Å². The Morgan fingerprint density at radius 3 is 2.48 bits per heavy atom. The number of anilines is 1. The number of ether oxygens (including phenoxy) is 1. The number of carbonyl (C=O) groups is 1. The summed E-state index contributed by atoms with van der Waals surface area (Å²) < 4.78 is 5.98. The van der Waals surface area contributed by atoms with E-state index in [1.807, 2.05) is 42.5 Å². The number of nitrogens with zero attached hydrogens (tertiary/aromatic N) is 3. The first-order chi connectivity index (χ1) is 14.3. The number of nitrogens with one attached hydrogen (secondary N) is 1. The van der Waals surface area contributed by atoms with Gasteiger partial charge in [-0.2, -0.15) is 0 Å². The Kier molecular flexibility index (Phi) is 6.10. The van der Waals surface area contributed by atoms with Crippen LogP contribution in [0.2, 0.25) is 0 Å². The molecule has 1 amide bonds. The molecule has 0 atom stereocenters. The molecule has 0 unspecified atom stereocenters. The summed E-state index contributed by atoms with van der Waals surface area (Å²) in [5, 5.41) is 2.82. The van der Waals surface area contributed by atoms with Gasteiger partial charge in [0.25, 0.3) is 5.91 Å². The lowest BCUT2D eigenvalue weighted by atomic mass is 9.90. The van der Waals surface area contributed by atoms with Gasteiger partial charge in [0.1, 0.15) is 0 Å². The van der Waals surface area contributed by atoms with Gasteiger partial charge in [-0.1, -0.05) is 49.6 Å². The van der Waals surface area contributed by atoms with Crippen molar-refractivity contribution in [3.05, 3.63) is 66.6 Å². The molecule has 1 aromatic carbocycles. The molecule has 1 aliphatic rings. The number of aromatic nitrogens is 3. The quantitative estimate of drug-likeness (QED) is 0.659. The zero-order valence-electron chi connectivity index (χ0n) is 16.3. The monoisotopic (exact) mass is 388 g/mol. The lowest BCUT2D eigenvalue weighted by molar-refractivity contribution is 0.102. The number of benzene rings is 1. The molecule has 29 heavy (non-hydrogen) atoms. The van der Waals surface area contributed by atoms with Crippen molar-refractivity contribution in [2.75, 3.05) is 11.9 Å². The Hall–Kier alpha value is -3.28. The fourth-order valence-corrected chi connectivity index (χ4v) is 3.52. The van der Waals surface area contributed by atoms with Crippen LogP contribution < -0.4 is 10.1 Å². The highest BCUT2D eigenvalue weighted by Crippen LogP contribution is 2.27. The standard InChI is InChI=1S/C23H24N4O2/c28-23(19-14-25-21(26-15-19)18-10-5-2-6-11-18)27-22-20(12-7-13-24-22)29-16-17-8-3-1-4-9-17/h2,5-7,10-15,17H,1,3-4,8-9,16H2,(H,24,27,28). The third-order valence-electron chi connectivity index (χ3n) is 5.15. The van der Waals surface area contributed by atoms with Crippen LogP contribution in [0.3, 0.4) is 0 Å². The largest absolute Gasteiger partial charge is 0.489 e. The maximum Gasteiger partial charge on any atom is 0.260 e. The second-order valence-electron chi connectivity index (χ2n) is 7.28. The highest BCUT2D eigenvalue weighted by atomic mass is 16.5. The molecule has 1 aliphatic carbocycles. The topological polar surface area (TPSA) is 77.0 Å². The molecular weight excluding hydrogens is 364 g/mol. The van der Waals surface area contributed by atoms with Gasteiger partial charge in [-0.25, -0.2) is 15.0 Å². The van der Waals surface area contributed by atoms with Crippen LogP contribution in [0.15, 0.2) is 61.1 Å². The van der Waals surface area contributed by atoms with Gasteiger partial charge in [-0.3, -0.25) is 4.79 Å². The smallest absolute Gasteiger partial charge is 0.260 e. The van der Waals surface area contributed by atoms with Gasteiger partial charge >= 0.3 is 0 Å². The molecule has 1 fully saturated rings. The van der Waals surface area contributed by atoms with E-state index >= 15 is 0 Å². The van der Waals surface area contributed by atoms with E-state index in [1.54, 1.807) is 6.20 Å². The summed E-state index contributed by atoms with van der Waals surface area (Å²) in [5.74, 6) is 1.85. The van der Waals surface area contributed by atoms with Crippen molar-refractivity contribution in [1.82, 2.24) is 15.0 Å². The molecule has 148 valence electrons. The third-order valence-corrected chi connectivity index (χ3v) is 5.15. The van der Waals surface area contributed by atoms with Crippen LogP contribution in [0.25, 0.3) is 11.4 Å². The van der Waals surface area contributed by atoms with E-state index < -0.39 is 0 Å². The molecule has 1 saturated carbocycles. The number of carbonyl (C=O) groups excluding carboxylic acids is 1. The zero-order chi connectivity index (χ0) is 19.9. The van der Waals surface area contributed by atoms with Crippen LogP contribution in [0.1, 0.15) is 42.5 Å². The molecular formula is C23H24N4O2. The Morgan fingerprint density at radius 1 is 0.966 bits per heavy atom. The van der Waals surface area contributed by atoms with Gasteiger partial charge in [-0.15, -0.1) is 0 Å². The molecule has 2 heterocycles. The Labute approximate surface area is 170 Å². The number of rotatable bonds is 6. The van der Waals surface area contributed by atoms with E-state index in [4.69, 9.17) is 4.74 Å². The molecule has 2 aromatic heterocycles. The van der Waals surface area contributed by atoms with Crippen LogP contribution in [0.4, 0.5) is 5.82 Å². The number of hydrogen-bond donors (Lipinski definition) is 1. The molecule has 0 saturated heterocycles. The van der Waals surface area contributed by atoms with Gasteiger partial charge in [0.2, 0.25) is 0 Å². The average molecular weight is 388 g/mol. The maximum atomic E-state index is 12.6. The number of hydrogen-bond acceptors (Lipinski definition) is 5. The van der Waals surface area contributed by atoms with E-state index in [2.05, 4.69) is 20.3 Å². The molecule has 3 aromatic rings. The van der Waals surface area contributed by atoms with Crippen molar-refractivity contribution >= 4 is 11.7 Å². The minimum absolute atomic E-state index is 0.314. The van der Waals surface area contributed by atoms with E-state index in [0.717, 1.165) is 5.56 Å². The molecule has 4 rings (SSSR count). The second-order valence-corrected chi connectivity index (χ2v) is 7.28. The van der Waals surface area contributed by atoms with E-state index in [1.165, 1.54) is 44.5 Å². The molecule has 0 spiro atoms. The second kappa shape index (κ2) is 9.28. The Morgan fingerprint density at radius 2 is 1.72 bits per heavy atom. The fourth-order valence-electron chi connectivity index (χ4n) is 3.52.